The summed E-state index contributed by atoms with van der Waals surface area (Å²) in [5, 5.41) is 0. The van der Waals surface area contributed by atoms with Crippen molar-refractivity contribution in [2.24, 2.45) is 5.92 Å². The highest BCUT2D eigenvalue weighted by Gasteiger charge is 2.57. The number of rotatable bonds is 5. The standard InChI is InChI=1S/C16H20Cl2N2O4S/c1-2-24-12-3-5-13(6-4-12)25(22,23)20-9-7-19(8-10-20)15(21)14-11-16(14,17)18/h3-6,14H,2,7-11H2,1H3. The average molecular weight is 407 g/mol. The molecule has 1 saturated carbocycles. The first-order valence-electron chi connectivity index (χ1n) is 8.15. The summed E-state index contributed by atoms with van der Waals surface area (Å²) < 4.78 is 31.2. The van der Waals surface area contributed by atoms with Crippen LogP contribution in [0.15, 0.2) is 29.2 Å². The maximum absolute atomic E-state index is 12.7. The highest BCUT2D eigenvalue weighted by atomic mass is 35.5. The maximum atomic E-state index is 12.7. The molecule has 9 heteroatoms. The van der Waals surface area contributed by atoms with Crippen LogP contribution in [-0.2, 0) is 14.8 Å². The fourth-order valence-electron chi connectivity index (χ4n) is 2.87. The third-order valence-electron chi connectivity index (χ3n) is 4.45. The first-order chi connectivity index (χ1) is 11.8. The second-order valence-electron chi connectivity index (χ2n) is 6.15. The normalized spacial score (nSPS) is 23.3. The minimum absolute atomic E-state index is 0.0943. The zero-order valence-corrected chi connectivity index (χ0v) is 16.1. The van der Waals surface area contributed by atoms with Gasteiger partial charge in [0.25, 0.3) is 0 Å². The quantitative estimate of drug-likeness (QED) is 0.702. The van der Waals surface area contributed by atoms with Gasteiger partial charge in [-0.1, -0.05) is 0 Å². The van der Waals surface area contributed by atoms with Gasteiger partial charge in [-0.3, -0.25) is 4.79 Å². The van der Waals surface area contributed by atoms with Gasteiger partial charge in [0.2, 0.25) is 15.9 Å². The summed E-state index contributed by atoms with van der Waals surface area (Å²) in [6, 6.07) is 6.36. The molecule has 0 spiro atoms. The van der Waals surface area contributed by atoms with Crippen LogP contribution in [0.25, 0.3) is 0 Å². The number of amides is 1. The van der Waals surface area contributed by atoms with Crippen molar-refractivity contribution in [1.82, 2.24) is 9.21 Å². The van der Waals surface area contributed by atoms with E-state index < -0.39 is 14.4 Å². The fourth-order valence-corrected chi connectivity index (χ4v) is 4.79. The van der Waals surface area contributed by atoms with E-state index in [0.29, 0.717) is 31.9 Å². The summed E-state index contributed by atoms with van der Waals surface area (Å²) in [4.78, 5) is 14.1. The summed E-state index contributed by atoms with van der Waals surface area (Å²) in [5.74, 6) is 0.167. The Morgan fingerprint density at radius 1 is 1.20 bits per heavy atom. The molecule has 1 heterocycles. The molecule has 1 aromatic carbocycles. The molecule has 138 valence electrons. The molecule has 2 fully saturated rings. The number of ether oxygens (including phenoxy) is 1. The number of halogens is 2. The molecule has 1 saturated heterocycles. The van der Waals surface area contributed by atoms with Gasteiger partial charge in [0, 0.05) is 26.2 Å². The Bertz CT molecular complexity index is 744. The third-order valence-corrected chi connectivity index (χ3v) is 7.20. The van der Waals surface area contributed by atoms with Crippen molar-refractivity contribution in [1.29, 1.82) is 0 Å². The number of benzene rings is 1. The van der Waals surface area contributed by atoms with Gasteiger partial charge in [0.1, 0.15) is 10.1 Å². The molecule has 1 amide bonds. The van der Waals surface area contributed by atoms with Gasteiger partial charge in [-0.15, -0.1) is 23.2 Å². The van der Waals surface area contributed by atoms with Crippen LogP contribution in [0.2, 0.25) is 0 Å². The van der Waals surface area contributed by atoms with Gasteiger partial charge >= 0.3 is 0 Å². The summed E-state index contributed by atoms with van der Waals surface area (Å²) in [6.45, 7) is 3.59. The van der Waals surface area contributed by atoms with Crippen LogP contribution in [0, 0.1) is 5.92 Å². The topological polar surface area (TPSA) is 66.9 Å². The Hall–Kier alpha value is -1.02. The van der Waals surface area contributed by atoms with E-state index in [1.807, 2.05) is 6.92 Å². The lowest BCUT2D eigenvalue weighted by Gasteiger charge is -2.34. The Balaban J connectivity index is 1.62. The van der Waals surface area contributed by atoms with Gasteiger partial charge in [-0.2, -0.15) is 4.31 Å². The molecule has 1 aromatic rings. The van der Waals surface area contributed by atoms with Crippen LogP contribution in [0.1, 0.15) is 13.3 Å². The lowest BCUT2D eigenvalue weighted by molar-refractivity contribution is -0.133. The summed E-state index contributed by atoms with van der Waals surface area (Å²) in [6.07, 6.45) is 0.458. The highest BCUT2D eigenvalue weighted by Crippen LogP contribution is 2.53. The zero-order valence-electron chi connectivity index (χ0n) is 13.8. The van der Waals surface area contributed by atoms with Crippen molar-refractivity contribution < 1.29 is 17.9 Å². The Morgan fingerprint density at radius 2 is 1.76 bits per heavy atom. The molecule has 0 N–H and O–H groups in total. The van der Waals surface area contributed by atoms with Gasteiger partial charge in [-0.25, -0.2) is 8.42 Å². The van der Waals surface area contributed by atoms with Crippen LogP contribution in [-0.4, -0.2) is 60.6 Å². The molecule has 2 aliphatic rings. The van der Waals surface area contributed by atoms with Crippen LogP contribution >= 0.6 is 23.2 Å². The van der Waals surface area contributed by atoms with Gasteiger partial charge in [0.15, 0.2) is 0 Å². The third kappa shape index (κ3) is 3.89. The van der Waals surface area contributed by atoms with E-state index in [1.54, 1.807) is 17.0 Å². The van der Waals surface area contributed by atoms with E-state index in [9.17, 15) is 13.2 Å². The monoisotopic (exact) mass is 406 g/mol. The number of alkyl halides is 2. The number of sulfonamides is 1. The number of piperazine rings is 1. The van der Waals surface area contributed by atoms with Crippen molar-refractivity contribution in [3.8, 4) is 5.75 Å². The van der Waals surface area contributed by atoms with E-state index in [0.717, 1.165) is 0 Å². The number of hydrogen-bond donors (Lipinski definition) is 0. The summed E-state index contributed by atoms with van der Waals surface area (Å²) in [5.41, 5.74) is 0. The molecule has 1 atom stereocenters. The number of carbonyl (C=O) groups is 1. The summed E-state index contributed by atoms with van der Waals surface area (Å²) >= 11 is 11.9. The Morgan fingerprint density at radius 3 is 2.24 bits per heavy atom. The van der Waals surface area contributed by atoms with Gasteiger partial charge in [0.05, 0.1) is 17.4 Å². The maximum Gasteiger partial charge on any atom is 0.243 e. The van der Waals surface area contributed by atoms with Crippen LogP contribution in [0.5, 0.6) is 5.75 Å². The van der Waals surface area contributed by atoms with Gasteiger partial charge in [-0.05, 0) is 37.6 Å². The predicted octanol–water partition coefficient (Wildman–Crippen LogP) is 2.11. The minimum atomic E-state index is -3.58. The zero-order chi connectivity index (χ0) is 18.2. The Labute approximate surface area is 157 Å². The average Bonchev–Trinajstić information content (AvgIpc) is 3.23. The molecular weight excluding hydrogens is 387 g/mol. The fraction of sp³-hybridized carbons (Fsp3) is 0.562. The number of nitrogens with zero attached hydrogens (tertiary/aromatic N) is 2. The summed E-state index contributed by atoms with van der Waals surface area (Å²) in [7, 11) is -3.58. The number of hydrogen-bond acceptors (Lipinski definition) is 4. The first-order valence-corrected chi connectivity index (χ1v) is 10.3. The Kier molecular flexibility index (Phi) is 5.21. The van der Waals surface area contributed by atoms with E-state index >= 15 is 0 Å². The molecular formula is C16H20Cl2N2O4S. The lowest BCUT2D eigenvalue weighted by Crippen LogP contribution is -2.51. The van der Waals surface area contributed by atoms with Crippen molar-refractivity contribution in [3.63, 3.8) is 0 Å². The van der Waals surface area contributed by atoms with Gasteiger partial charge < -0.3 is 9.64 Å². The molecule has 1 unspecified atom stereocenters. The van der Waals surface area contributed by atoms with Crippen molar-refractivity contribution in [2.45, 2.75) is 22.6 Å². The van der Waals surface area contributed by atoms with E-state index in [1.165, 1.54) is 16.4 Å². The smallest absolute Gasteiger partial charge is 0.243 e. The molecule has 0 aromatic heterocycles. The molecule has 1 aliphatic heterocycles. The van der Waals surface area contributed by atoms with E-state index in [-0.39, 0.29) is 29.8 Å². The lowest BCUT2D eigenvalue weighted by atomic mass is 10.3. The molecule has 0 radical (unpaired) electrons. The van der Waals surface area contributed by atoms with E-state index in [2.05, 4.69) is 0 Å². The molecule has 0 bridgehead atoms. The first kappa shape index (κ1) is 18.8. The molecule has 1 aliphatic carbocycles. The van der Waals surface area contributed by atoms with Crippen molar-refractivity contribution >= 4 is 39.1 Å². The van der Waals surface area contributed by atoms with Crippen LogP contribution < -0.4 is 4.74 Å². The number of carbonyl (C=O) groups excluding carboxylic acids is 1. The van der Waals surface area contributed by atoms with Crippen LogP contribution in [0.4, 0.5) is 0 Å². The second-order valence-corrected chi connectivity index (χ2v) is 9.63. The second kappa shape index (κ2) is 6.95. The molecule has 25 heavy (non-hydrogen) atoms. The molecule has 6 nitrogen and oxygen atoms in total. The van der Waals surface area contributed by atoms with Crippen molar-refractivity contribution in [2.75, 3.05) is 32.8 Å². The van der Waals surface area contributed by atoms with Crippen molar-refractivity contribution in [3.05, 3.63) is 24.3 Å². The van der Waals surface area contributed by atoms with Crippen LogP contribution in [0.3, 0.4) is 0 Å². The highest BCUT2D eigenvalue weighted by molar-refractivity contribution is 7.89. The van der Waals surface area contributed by atoms with E-state index in [4.69, 9.17) is 27.9 Å². The predicted molar refractivity (Wildman–Crippen MR) is 95.5 cm³/mol. The SMILES string of the molecule is CCOc1ccc(S(=O)(=O)N2CCN(C(=O)C3CC3(Cl)Cl)CC2)cc1. The minimum Gasteiger partial charge on any atom is -0.494 e. The molecule has 3 rings (SSSR count). The largest absolute Gasteiger partial charge is 0.494 e.